The van der Waals surface area contributed by atoms with Gasteiger partial charge in [0.25, 0.3) is 5.92 Å². The minimum atomic E-state index is -2.79. The molecule has 1 N–H and O–H groups in total. The van der Waals surface area contributed by atoms with Crippen LogP contribution < -0.4 is 5.32 Å². The van der Waals surface area contributed by atoms with Crippen molar-refractivity contribution in [1.29, 1.82) is 0 Å². The summed E-state index contributed by atoms with van der Waals surface area (Å²) in [6.45, 7) is 0.552. The highest BCUT2D eigenvalue weighted by molar-refractivity contribution is 5.85. The zero-order valence-electron chi connectivity index (χ0n) is 8.55. The molecule has 1 fully saturated rings. The van der Waals surface area contributed by atoms with Crippen molar-refractivity contribution in [3.05, 3.63) is 35.6 Å². The standard InChI is InChI=1S/C11H12F3N.ClH/c12-9-4-1-3-8(7-9)10-11(13,14)5-2-6-15-10;/h1,3-4,7,10,15H,2,5-6H2;1H. The summed E-state index contributed by atoms with van der Waals surface area (Å²) in [4.78, 5) is 0. The topological polar surface area (TPSA) is 12.0 Å². The van der Waals surface area contributed by atoms with Crippen molar-refractivity contribution in [3.8, 4) is 0 Å². The summed E-state index contributed by atoms with van der Waals surface area (Å²) < 4.78 is 39.9. The number of rotatable bonds is 1. The van der Waals surface area contributed by atoms with Crippen molar-refractivity contribution < 1.29 is 13.2 Å². The maximum atomic E-state index is 13.5. The summed E-state index contributed by atoms with van der Waals surface area (Å²) in [5.41, 5.74) is 0.319. The van der Waals surface area contributed by atoms with Crippen LogP contribution in [0.1, 0.15) is 24.4 Å². The van der Waals surface area contributed by atoms with E-state index in [1.54, 1.807) is 0 Å². The molecular weight excluding hydrogens is 239 g/mol. The fourth-order valence-corrected chi connectivity index (χ4v) is 1.91. The van der Waals surface area contributed by atoms with Crippen LogP contribution in [0.4, 0.5) is 13.2 Å². The largest absolute Gasteiger partial charge is 0.305 e. The molecule has 90 valence electrons. The number of halogens is 4. The van der Waals surface area contributed by atoms with Gasteiger partial charge in [-0.2, -0.15) is 0 Å². The third-order valence-electron chi connectivity index (χ3n) is 2.64. The maximum Gasteiger partial charge on any atom is 0.267 e. The van der Waals surface area contributed by atoms with Crippen LogP contribution in [-0.2, 0) is 0 Å². The van der Waals surface area contributed by atoms with Crippen LogP contribution in [-0.4, -0.2) is 12.5 Å². The molecule has 1 nitrogen and oxygen atoms in total. The lowest BCUT2D eigenvalue weighted by atomic mass is 9.93. The van der Waals surface area contributed by atoms with Crippen LogP contribution in [0.2, 0.25) is 0 Å². The second kappa shape index (κ2) is 5.06. The number of alkyl halides is 2. The van der Waals surface area contributed by atoms with Gasteiger partial charge in [-0.05, 0) is 30.7 Å². The molecule has 16 heavy (non-hydrogen) atoms. The number of nitrogens with one attached hydrogen (secondary N) is 1. The molecule has 1 aliphatic rings. The van der Waals surface area contributed by atoms with E-state index in [1.807, 2.05) is 0 Å². The summed E-state index contributed by atoms with van der Waals surface area (Å²) in [7, 11) is 0. The third kappa shape index (κ3) is 2.68. The molecule has 0 saturated carbocycles. The van der Waals surface area contributed by atoms with E-state index in [0.717, 1.165) is 6.07 Å². The smallest absolute Gasteiger partial charge is 0.267 e. The lowest BCUT2D eigenvalue weighted by molar-refractivity contribution is -0.0620. The van der Waals surface area contributed by atoms with E-state index < -0.39 is 17.8 Å². The molecule has 0 bridgehead atoms. The molecule has 1 atom stereocenters. The van der Waals surface area contributed by atoms with Gasteiger partial charge in [-0.15, -0.1) is 12.4 Å². The average molecular weight is 252 g/mol. The van der Waals surface area contributed by atoms with Crippen molar-refractivity contribution in [1.82, 2.24) is 5.32 Å². The lowest BCUT2D eigenvalue weighted by Crippen LogP contribution is -2.42. The lowest BCUT2D eigenvalue weighted by Gasteiger charge is -2.32. The van der Waals surface area contributed by atoms with Gasteiger partial charge in [0.1, 0.15) is 5.82 Å². The van der Waals surface area contributed by atoms with E-state index in [-0.39, 0.29) is 18.8 Å². The van der Waals surface area contributed by atoms with Crippen LogP contribution in [0.25, 0.3) is 0 Å². The zero-order valence-corrected chi connectivity index (χ0v) is 9.37. The van der Waals surface area contributed by atoms with Gasteiger partial charge in [-0.25, -0.2) is 13.2 Å². The first-order valence-electron chi connectivity index (χ1n) is 4.96. The predicted molar refractivity (Wildman–Crippen MR) is 58.6 cm³/mol. The van der Waals surface area contributed by atoms with Gasteiger partial charge in [0.2, 0.25) is 0 Å². The molecule has 5 heteroatoms. The van der Waals surface area contributed by atoms with Gasteiger partial charge in [-0.1, -0.05) is 12.1 Å². The minimum absolute atomic E-state index is 0. The monoisotopic (exact) mass is 251 g/mol. The summed E-state index contributed by atoms with van der Waals surface area (Å²) >= 11 is 0. The van der Waals surface area contributed by atoms with E-state index in [2.05, 4.69) is 5.32 Å². The Kier molecular flexibility index (Phi) is 4.21. The fourth-order valence-electron chi connectivity index (χ4n) is 1.91. The Morgan fingerprint density at radius 2 is 2.06 bits per heavy atom. The van der Waals surface area contributed by atoms with Gasteiger partial charge in [0.05, 0.1) is 6.04 Å². The van der Waals surface area contributed by atoms with Gasteiger partial charge >= 0.3 is 0 Å². The summed E-state index contributed by atoms with van der Waals surface area (Å²) in [5.74, 6) is -3.26. The van der Waals surface area contributed by atoms with Crippen molar-refractivity contribution >= 4 is 12.4 Å². The van der Waals surface area contributed by atoms with Crippen molar-refractivity contribution in [2.75, 3.05) is 6.54 Å². The van der Waals surface area contributed by atoms with Crippen LogP contribution in [0, 0.1) is 5.82 Å². The van der Waals surface area contributed by atoms with Gasteiger partial charge in [0, 0.05) is 6.42 Å². The number of hydrogen-bond donors (Lipinski definition) is 1. The summed E-state index contributed by atoms with van der Waals surface area (Å²) in [5, 5.41) is 2.74. The van der Waals surface area contributed by atoms with Crippen LogP contribution in [0.5, 0.6) is 0 Å². The Labute approximate surface area is 98.4 Å². The van der Waals surface area contributed by atoms with Crippen LogP contribution in [0.3, 0.4) is 0 Å². The molecular formula is C11H13ClF3N. The van der Waals surface area contributed by atoms with Gasteiger partial charge in [-0.3, -0.25) is 0 Å². The minimum Gasteiger partial charge on any atom is -0.305 e. The molecule has 1 heterocycles. The Balaban J connectivity index is 0.00000128. The predicted octanol–water partition coefficient (Wildman–Crippen LogP) is 3.31. The number of benzene rings is 1. The van der Waals surface area contributed by atoms with Crippen LogP contribution in [0.15, 0.2) is 24.3 Å². The summed E-state index contributed by atoms with van der Waals surface area (Å²) in [6, 6.07) is 4.35. The molecule has 0 spiro atoms. The van der Waals surface area contributed by atoms with E-state index in [4.69, 9.17) is 0 Å². The van der Waals surface area contributed by atoms with E-state index >= 15 is 0 Å². The van der Waals surface area contributed by atoms with Crippen molar-refractivity contribution in [2.45, 2.75) is 24.8 Å². The van der Waals surface area contributed by atoms with Crippen LogP contribution >= 0.6 is 12.4 Å². The highest BCUT2D eigenvalue weighted by Gasteiger charge is 2.42. The Hall–Kier alpha value is -0.740. The van der Waals surface area contributed by atoms with E-state index in [1.165, 1.54) is 18.2 Å². The number of piperidine rings is 1. The number of hydrogen-bond acceptors (Lipinski definition) is 1. The van der Waals surface area contributed by atoms with Gasteiger partial charge in [0.15, 0.2) is 0 Å². The average Bonchev–Trinajstić information content (AvgIpc) is 2.17. The zero-order chi connectivity index (χ0) is 10.9. The third-order valence-corrected chi connectivity index (χ3v) is 2.64. The molecule has 0 aromatic heterocycles. The fraction of sp³-hybridized carbons (Fsp3) is 0.455. The van der Waals surface area contributed by atoms with E-state index in [9.17, 15) is 13.2 Å². The molecule has 1 aliphatic heterocycles. The molecule has 1 aromatic rings. The Morgan fingerprint density at radius 1 is 1.31 bits per heavy atom. The normalized spacial score (nSPS) is 23.6. The molecule has 1 unspecified atom stereocenters. The SMILES string of the molecule is Cl.Fc1cccc(C2NCCCC2(F)F)c1. The van der Waals surface area contributed by atoms with E-state index in [0.29, 0.717) is 18.5 Å². The van der Waals surface area contributed by atoms with Crippen molar-refractivity contribution in [2.24, 2.45) is 0 Å². The molecule has 1 aromatic carbocycles. The Morgan fingerprint density at radius 3 is 2.69 bits per heavy atom. The quantitative estimate of drug-likeness (QED) is 0.808. The van der Waals surface area contributed by atoms with Gasteiger partial charge < -0.3 is 5.32 Å². The maximum absolute atomic E-state index is 13.5. The molecule has 0 amide bonds. The molecule has 0 radical (unpaired) electrons. The highest BCUT2D eigenvalue weighted by atomic mass is 35.5. The first-order chi connectivity index (χ1) is 7.09. The second-order valence-corrected chi connectivity index (χ2v) is 3.81. The molecule has 1 saturated heterocycles. The highest BCUT2D eigenvalue weighted by Crippen LogP contribution is 2.37. The molecule has 2 rings (SSSR count). The first-order valence-corrected chi connectivity index (χ1v) is 4.96. The molecule has 0 aliphatic carbocycles. The second-order valence-electron chi connectivity index (χ2n) is 3.81. The Bertz CT molecular complexity index is 357. The first kappa shape index (κ1) is 13.3. The summed E-state index contributed by atoms with van der Waals surface area (Å²) in [6.07, 6.45) is 0.319. The van der Waals surface area contributed by atoms with Crippen molar-refractivity contribution in [3.63, 3.8) is 0 Å².